The number of aromatic nitrogens is 1. The SMILES string of the molecule is CC(=O)c1c[nH]c2ccc(N3CCC(C)CC3)cc2c1=O. The first-order chi connectivity index (χ1) is 10.1. The molecule has 0 unspecified atom stereocenters. The largest absolute Gasteiger partial charge is 0.371 e. The van der Waals surface area contributed by atoms with E-state index in [1.165, 1.54) is 26.0 Å². The topological polar surface area (TPSA) is 53.2 Å². The van der Waals surface area contributed by atoms with E-state index >= 15 is 0 Å². The summed E-state index contributed by atoms with van der Waals surface area (Å²) in [5, 5.41) is 0.596. The van der Waals surface area contributed by atoms with Gasteiger partial charge in [-0.05, 0) is 43.9 Å². The van der Waals surface area contributed by atoms with Crippen molar-refractivity contribution < 1.29 is 4.79 Å². The summed E-state index contributed by atoms with van der Waals surface area (Å²) in [7, 11) is 0. The molecule has 2 aromatic rings. The van der Waals surface area contributed by atoms with Crippen LogP contribution in [0.2, 0.25) is 0 Å². The number of anilines is 1. The molecule has 1 aromatic carbocycles. The minimum absolute atomic E-state index is 0.177. The molecule has 0 amide bonds. The van der Waals surface area contributed by atoms with Gasteiger partial charge in [0.15, 0.2) is 11.2 Å². The van der Waals surface area contributed by atoms with Crippen LogP contribution in [0.15, 0.2) is 29.2 Å². The lowest BCUT2D eigenvalue weighted by Crippen LogP contribution is -2.32. The number of hydrogen-bond donors (Lipinski definition) is 1. The molecule has 0 saturated carbocycles. The van der Waals surface area contributed by atoms with Crippen molar-refractivity contribution in [2.24, 2.45) is 5.92 Å². The van der Waals surface area contributed by atoms with Gasteiger partial charge in [-0.1, -0.05) is 6.92 Å². The zero-order valence-electron chi connectivity index (χ0n) is 12.5. The minimum atomic E-state index is -0.199. The quantitative estimate of drug-likeness (QED) is 0.863. The summed E-state index contributed by atoms with van der Waals surface area (Å²) in [5.74, 6) is 0.574. The molecule has 1 N–H and O–H groups in total. The molecule has 110 valence electrons. The number of fused-ring (bicyclic) bond motifs is 1. The Morgan fingerprint density at radius 2 is 2.00 bits per heavy atom. The average molecular weight is 284 g/mol. The zero-order valence-corrected chi connectivity index (χ0v) is 12.5. The first-order valence-corrected chi connectivity index (χ1v) is 7.47. The van der Waals surface area contributed by atoms with E-state index in [0.717, 1.165) is 30.2 Å². The van der Waals surface area contributed by atoms with Crippen LogP contribution in [-0.4, -0.2) is 23.9 Å². The molecule has 21 heavy (non-hydrogen) atoms. The maximum atomic E-state index is 12.4. The van der Waals surface area contributed by atoms with Gasteiger partial charge >= 0.3 is 0 Å². The molecule has 3 rings (SSSR count). The molecular formula is C17H20N2O2. The van der Waals surface area contributed by atoms with Crippen LogP contribution in [0.5, 0.6) is 0 Å². The highest BCUT2D eigenvalue weighted by Crippen LogP contribution is 2.25. The van der Waals surface area contributed by atoms with Gasteiger partial charge in [-0.2, -0.15) is 0 Å². The van der Waals surface area contributed by atoms with Gasteiger partial charge in [0, 0.05) is 35.9 Å². The molecule has 1 aliphatic heterocycles. The second kappa shape index (κ2) is 5.35. The summed E-state index contributed by atoms with van der Waals surface area (Å²) < 4.78 is 0. The lowest BCUT2D eigenvalue weighted by Gasteiger charge is -2.32. The van der Waals surface area contributed by atoms with Crippen molar-refractivity contribution in [3.05, 3.63) is 40.2 Å². The van der Waals surface area contributed by atoms with E-state index in [4.69, 9.17) is 0 Å². The Labute approximate surface area is 123 Å². The molecule has 4 nitrogen and oxygen atoms in total. The Morgan fingerprint density at radius 3 is 2.67 bits per heavy atom. The minimum Gasteiger partial charge on any atom is -0.371 e. The van der Waals surface area contributed by atoms with Crippen LogP contribution in [-0.2, 0) is 0 Å². The molecule has 1 aromatic heterocycles. The number of nitrogens with zero attached hydrogens (tertiary/aromatic N) is 1. The van der Waals surface area contributed by atoms with Crippen molar-refractivity contribution in [3.8, 4) is 0 Å². The summed E-state index contributed by atoms with van der Waals surface area (Å²) in [6, 6.07) is 5.88. The Kier molecular flexibility index (Phi) is 3.53. The van der Waals surface area contributed by atoms with Crippen molar-refractivity contribution >= 4 is 22.4 Å². The summed E-state index contributed by atoms with van der Waals surface area (Å²) in [6.07, 6.45) is 3.87. The highest BCUT2D eigenvalue weighted by atomic mass is 16.1. The fourth-order valence-electron chi connectivity index (χ4n) is 2.93. The van der Waals surface area contributed by atoms with Crippen LogP contribution in [0, 0.1) is 5.92 Å². The number of aromatic amines is 1. The molecule has 1 fully saturated rings. The highest BCUT2D eigenvalue weighted by Gasteiger charge is 2.17. The summed E-state index contributed by atoms with van der Waals surface area (Å²) in [6.45, 7) is 5.75. The number of H-pyrrole nitrogens is 1. The van der Waals surface area contributed by atoms with Crippen LogP contribution in [0.3, 0.4) is 0 Å². The summed E-state index contributed by atoms with van der Waals surface area (Å²) in [4.78, 5) is 29.3. The average Bonchev–Trinajstić information content (AvgIpc) is 2.48. The van der Waals surface area contributed by atoms with E-state index < -0.39 is 0 Å². The number of pyridine rings is 1. The second-order valence-electron chi connectivity index (χ2n) is 5.99. The predicted octanol–water partition coefficient (Wildman–Crippen LogP) is 2.97. The number of benzene rings is 1. The third-order valence-corrected chi connectivity index (χ3v) is 4.39. The van der Waals surface area contributed by atoms with E-state index in [1.807, 2.05) is 18.2 Å². The Morgan fingerprint density at radius 1 is 1.29 bits per heavy atom. The van der Waals surface area contributed by atoms with E-state index in [-0.39, 0.29) is 16.8 Å². The first-order valence-electron chi connectivity index (χ1n) is 7.47. The standard InChI is InChI=1S/C17H20N2O2/c1-11-5-7-19(8-6-11)13-3-4-16-14(9-13)17(21)15(10-18-16)12(2)20/h3-4,9-11H,5-8H2,1-2H3,(H,18,21). The van der Waals surface area contributed by atoms with Gasteiger partial charge in [-0.25, -0.2) is 0 Å². The lowest BCUT2D eigenvalue weighted by molar-refractivity contribution is 0.101. The molecule has 4 heteroatoms. The fraction of sp³-hybridized carbons (Fsp3) is 0.412. The van der Waals surface area contributed by atoms with Crippen LogP contribution in [0.1, 0.15) is 37.0 Å². The normalized spacial score (nSPS) is 16.4. The molecule has 0 bridgehead atoms. The Balaban J connectivity index is 2.04. The zero-order chi connectivity index (χ0) is 15.0. The Hall–Kier alpha value is -2.10. The van der Waals surface area contributed by atoms with Crippen molar-refractivity contribution in [2.45, 2.75) is 26.7 Å². The molecule has 0 atom stereocenters. The number of rotatable bonds is 2. The molecule has 0 radical (unpaired) electrons. The number of piperidine rings is 1. The van der Waals surface area contributed by atoms with Crippen molar-refractivity contribution in [3.63, 3.8) is 0 Å². The van der Waals surface area contributed by atoms with Crippen LogP contribution in [0.4, 0.5) is 5.69 Å². The first kappa shape index (κ1) is 13.9. The van der Waals surface area contributed by atoms with Gasteiger partial charge in [0.1, 0.15) is 0 Å². The monoisotopic (exact) mass is 284 g/mol. The van der Waals surface area contributed by atoms with E-state index in [0.29, 0.717) is 5.39 Å². The van der Waals surface area contributed by atoms with E-state index in [9.17, 15) is 9.59 Å². The second-order valence-corrected chi connectivity index (χ2v) is 5.99. The number of nitrogens with one attached hydrogen (secondary N) is 1. The van der Waals surface area contributed by atoms with E-state index in [2.05, 4.69) is 16.8 Å². The van der Waals surface area contributed by atoms with Crippen molar-refractivity contribution in [1.82, 2.24) is 4.98 Å². The molecule has 2 heterocycles. The number of carbonyl (C=O) groups excluding carboxylic acids is 1. The van der Waals surface area contributed by atoms with Crippen molar-refractivity contribution in [1.29, 1.82) is 0 Å². The molecule has 0 aliphatic carbocycles. The third kappa shape index (κ3) is 2.58. The lowest BCUT2D eigenvalue weighted by atomic mass is 9.98. The highest BCUT2D eigenvalue weighted by molar-refractivity contribution is 5.97. The molecule has 0 spiro atoms. The van der Waals surface area contributed by atoms with Gasteiger partial charge in [-0.3, -0.25) is 9.59 Å². The van der Waals surface area contributed by atoms with Gasteiger partial charge in [0.25, 0.3) is 0 Å². The van der Waals surface area contributed by atoms with Gasteiger partial charge < -0.3 is 9.88 Å². The molecular weight excluding hydrogens is 264 g/mol. The number of hydrogen-bond acceptors (Lipinski definition) is 3. The maximum Gasteiger partial charge on any atom is 0.200 e. The number of carbonyl (C=O) groups is 1. The smallest absolute Gasteiger partial charge is 0.200 e. The summed E-state index contributed by atoms with van der Waals surface area (Å²) >= 11 is 0. The number of ketones is 1. The van der Waals surface area contributed by atoms with Crippen LogP contribution in [0.25, 0.3) is 10.9 Å². The Bertz CT molecular complexity index is 740. The van der Waals surface area contributed by atoms with Gasteiger partial charge in [0.05, 0.1) is 5.56 Å². The van der Waals surface area contributed by atoms with Crippen LogP contribution < -0.4 is 10.3 Å². The fourth-order valence-corrected chi connectivity index (χ4v) is 2.93. The van der Waals surface area contributed by atoms with Crippen LogP contribution >= 0.6 is 0 Å². The predicted molar refractivity (Wildman–Crippen MR) is 85.2 cm³/mol. The van der Waals surface area contributed by atoms with Gasteiger partial charge in [-0.15, -0.1) is 0 Å². The van der Waals surface area contributed by atoms with E-state index in [1.54, 1.807) is 0 Å². The molecule has 1 aliphatic rings. The maximum absolute atomic E-state index is 12.4. The summed E-state index contributed by atoms with van der Waals surface area (Å²) in [5.41, 5.74) is 1.90. The molecule has 1 saturated heterocycles. The number of Topliss-reactive ketones (excluding diaryl/α,β-unsaturated/α-hetero) is 1. The van der Waals surface area contributed by atoms with Gasteiger partial charge in [0.2, 0.25) is 0 Å². The van der Waals surface area contributed by atoms with Crippen molar-refractivity contribution in [2.75, 3.05) is 18.0 Å². The third-order valence-electron chi connectivity index (χ3n) is 4.39.